The Bertz CT molecular complexity index is 561. The van der Waals surface area contributed by atoms with Gasteiger partial charge in [-0.25, -0.2) is 0 Å². The average molecular weight is 275 g/mol. The third-order valence-electron chi connectivity index (χ3n) is 3.07. The van der Waals surface area contributed by atoms with Crippen LogP contribution in [0.3, 0.4) is 0 Å². The van der Waals surface area contributed by atoms with Crippen molar-refractivity contribution in [1.82, 2.24) is 0 Å². The van der Waals surface area contributed by atoms with Crippen molar-refractivity contribution in [1.29, 1.82) is 0 Å². The van der Waals surface area contributed by atoms with E-state index in [9.17, 15) is 4.79 Å². The first-order valence-corrected chi connectivity index (χ1v) is 6.49. The van der Waals surface area contributed by atoms with Gasteiger partial charge in [-0.1, -0.05) is 30.3 Å². The number of halogens is 1. The molecule has 98 valence electrons. The molecule has 2 rings (SSSR count). The predicted octanol–water partition coefficient (Wildman–Crippen LogP) is 3.86. The maximum atomic E-state index is 11.3. The molecule has 0 saturated carbocycles. The molecular weight excluding hydrogens is 260 g/mol. The predicted molar refractivity (Wildman–Crippen MR) is 77.0 cm³/mol. The van der Waals surface area contributed by atoms with Crippen molar-refractivity contribution < 1.29 is 9.53 Å². The molecule has 2 nitrogen and oxygen atoms in total. The second kappa shape index (κ2) is 6.39. The van der Waals surface area contributed by atoms with Crippen LogP contribution in [0.4, 0.5) is 0 Å². The number of benzene rings is 2. The molecule has 0 atom stereocenters. The van der Waals surface area contributed by atoms with Crippen LogP contribution in [0.25, 0.3) is 0 Å². The molecule has 2 aromatic carbocycles. The van der Waals surface area contributed by atoms with Crippen LogP contribution in [0.1, 0.15) is 21.5 Å². The van der Waals surface area contributed by atoms with E-state index >= 15 is 0 Å². The van der Waals surface area contributed by atoms with Crippen LogP contribution < -0.4 is 4.74 Å². The number of hydrogen-bond acceptors (Lipinski definition) is 2. The molecule has 0 radical (unpaired) electrons. The fourth-order valence-corrected chi connectivity index (χ4v) is 2.19. The summed E-state index contributed by atoms with van der Waals surface area (Å²) in [5.74, 6) is 0.847. The third kappa shape index (κ3) is 3.58. The van der Waals surface area contributed by atoms with Gasteiger partial charge in [0.15, 0.2) is 0 Å². The first-order chi connectivity index (χ1) is 9.20. The molecule has 0 unspecified atom stereocenters. The topological polar surface area (TPSA) is 26.3 Å². The highest BCUT2D eigenvalue weighted by Crippen LogP contribution is 2.16. The van der Waals surface area contributed by atoms with Gasteiger partial charge in [-0.05, 0) is 53.8 Å². The van der Waals surface area contributed by atoms with E-state index in [2.05, 4.69) is 0 Å². The highest BCUT2D eigenvalue weighted by Gasteiger charge is 2.07. The Balaban J connectivity index is 2.07. The van der Waals surface area contributed by atoms with Gasteiger partial charge >= 0.3 is 0 Å². The molecule has 0 heterocycles. The zero-order chi connectivity index (χ0) is 13.7. The number of carbonyl (C=O) groups excluding carboxylic acids is 1. The molecule has 19 heavy (non-hydrogen) atoms. The summed E-state index contributed by atoms with van der Waals surface area (Å²) in [5.41, 5.74) is 2.79. The fraction of sp³-hybridized carbons (Fsp3) is 0.188. The second-order valence-electron chi connectivity index (χ2n) is 4.28. The quantitative estimate of drug-likeness (QED) is 0.774. The van der Waals surface area contributed by atoms with Crippen LogP contribution in [0, 0.1) is 0 Å². The van der Waals surface area contributed by atoms with Crippen molar-refractivity contribution in [3.8, 4) is 5.75 Å². The lowest BCUT2D eigenvalue weighted by atomic mass is 10.0. The molecule has 0 bridgehead atoms. The molecule has 0 spiro atoms. The molecule has 0 N–H and O–H groups in total. The van der Waals surface area contributed by atoms with Crippen LogP contribution in [0.2, 0.25) is 0 Å². The highest BCUT2D eigenvalue weighted by molar-refractivity contribution is 6.67. The Morgan fingerprint density at radius 2 is 1.74 bits per heavy atom. The Hall–Kier alpha value is -1.80. The molecule has 0 aliphatic heterocycles. The summed E-state index contributed by atoms with van der Waals surface area (Å²) >= 11 is 5.57. The smallest absolute Gasteiger partial charge is 0.252 e. The van der Waals surface area contributed by atoms with Crippen molar-refractivity contribution in [3.63, 3.8) is 0 Å². The number of methoxy groups -OCH3 is 1. The summed E-state index contributed by atoms with van der Waals surface area (Å²) in [6.45, 7) is 0. The van der Waals surface area contributed by atoms with E-state index in [1.807, 2.05) is 42.5 Å². The van der Waals surface area contributed by atoms with Crippen LogP contribution in [-0.2, 0) is 12.8 Å². The van der Waals surface area contributed by atoms with Crippen LogP contribution >= 0.6 is 11.6 Å². The van der Waals surface area contributed by atoms with Gasteiger partial charge in [-0.15, -0.1) is 0 Å². The first kappa shape index (κ1) is 13.6. The molecule has 0 aliphatic carbocycles. The van der Waals surface area contributed by atoms with E-state index in [0.717, 1.165) is 24.2 Å². The SMILES string of the molecule is COc1ccc(CCc2ccccc2C(=O)Cl)cc1. The normalized spacial score (nSPS) is 10.2. The summed E-state index contributed by atoms with van der Waals surface area (Å²) in [4.78, 5) is 11.3. The lowest BCUT2D eigenvalue weighted by Crippen LogP contribution is -1.99. The monoisotopic (exact) mass is 274 g/mol. The van der Waals surface area contributed by atoms with E-state index < -0.39 is 5.24 Å². The van der Waals surface area contributed by atoms with Crippen LogP contribution in [-0.4, -0.2) is 12.4 Å². The van der Waals surface area contributed by atoms with E-state index in [4.69, 9.17) is 16.3 Å². The van der Waals surface area contributed by atoms with Gasteiger partial charge in [0, 0.05) is 5.56 Å². The Kier molecular flexibility index (Phi) is 4.58. The summed E-state index contributed by atoms with van der Waals surface area (Å²) < 4.78 is 5.12. The van der Waals surface area contributed by atoms with Gasteiger partial charge in [0.2, 0.25) is 0 Å². The van der Waals surface area contributed by atoms with Gasteiger partial charge < -0.3 is 4.74 Å². The van der Waals surface area contributed by atoms with Gasteiger partial charge in [0.05, 0.1) is 7.11 Å². The number of rotatable bonds is 5. The van der Waals surface area contributed by atoms with Crippen molar-refractivity contribution in [2.45, 2.75) is 12.8 Å². The largest absolute Gasteiger partial charge is 0.497 e. The number of ether oxygens (including phenoxy) is 1. The minimum absolute atomic E-state index is 0.398. The van der Waals surface area contributed by atoms with Crippen LogP contribution in [0.15, 0.2) is 48.5 Å². The molecule has 3 heteroatoms. The number of hydrogen-bond donors (Lipinski definition) is 0. The fourth-order valence-electron chi connectivity index (χ4n) is 2.00. The van der Waals surface area contributed by atoms with Gasteiger partial charge in [-0.3, -0.25) is 4.79 Å². The lowest BCUT2D eigenvalue weighted by Gasteiger charge is -2.06. The minimum Gasteiger partial charge on any atom is -0.497 e. The van der Waals surface area contributed by atoms with E-state index in [0.29, 0.717) is 5.56 Å². The average Bonchev–Trinajstić information content (AvgIpc) is 2.46. The summed E-state index contributed by atoms with van der Waals surface area (Å²) in [5, 5.41) is -0.398. The third-order valence-corrected chi connectivity index (χ3v) is 3.27. The van der Waals surface area contributed by atoms with E-state index in [1.54, 1.807) is 13.2 Å². The molecular formula is C16H15ClO2. The molecule has 0 amide bonds. The maximum Gasteiger partial charge on any atom is 0.252 e. The zero-order valence-corrected chi connectivity index (χ0v) is 11.5. The molecule has 0 aliphatic rings. The van der Waals surface area contributed by atoms with E-state index in [-0.39, 0.29) is 0 Å². The summed E-state index contributed by atoms with van der Waals surface area (Å²) in [6, 6.07) is 15.4. The Morgan fingerprint density at radius 1 is 1.05 bits per heavy atom. The van der Waals surface area contributed by atoms with Gasteiger partial charge in [0.25, 0.3) is 5.24 Å². The molecule has 0 aromatic heterocycles. The first-order valence-electron chi connectivity index (χ1n) is 6.11. The van der Waals surface area contributed by atoms with E-state index in [1.165, 1.54) is 5.56 Å². The molecule has 2 aromatic rings. The second-order valence-corrected chi connectivity index (χ2v) is 4.62. The Morgan fingerprint density at radius 3 is 2.37 bits per heavy atom. The Labute approximate surface area is 118 Å². The lowest BCUT2D eigenvalue weighted by molar-refractivity contribution is 0.108. The summed E-state index contributed by atoms with van der Waals surface area (Å²) in [6.07, 6.45) is 1.66. The summed E-state index contributed by atoms with van der Waals surface area (Å²) in [7, 11) is 1.65. The van der Waals surface area contributed by atoms with Crippen molar-refractivity contribution in [2.75, 3.05) is 7.11 Å². The van der Waals surface area contributed by atoms with Gasteiger partial charge in [0.1, 0.15) is 5.75 Å². The maximum absolute atomic E-state index is 11.3. The standard InChI is InChI=1S/C16H15ClO2/c1-19-14-10-7-12(8-11-14)6-9-13-4-2-3-5-15(13)16(17)18/h2-5,7-8,10-11H,6,9H2,1H3. The molecule has 0 fully saturated rings. The highest BCUT2D eigenvalue weighted by atomic mass is 35.5. The van der Waals surface area contributed by atoms with Crippen molar-refractivity contribution in [3.05, 3.63) is 65.2 Å². The number of aryl methyl sites for hydroxylation is 2. The van der Waals surface area contributed by atoms with Crippen molar-refractivity contribution in [2.24, 2.45) is 0 Å². The minimum atomic E-state index is -0.398. The van der Waals surface area contributed by atoms with Gasteiger partial charge in [-0.2, -0.15) is 0 Å². The van der Waals surface area contributed by atoms with Crippen LogP contribution in [0.5, 0.6) is 5.75 Å². The number of carbonyl (C=O) groups is 1. The zero-order valence-electron chi connectivity index (χ0n) is 10.7. The van der Waals surface area contributed by atoms with Crippen molar-refractivity contribution >= 4 is 16.8 Å². The molecule has 0 saturated heterocycles.